The predicted octanol–water partition coefficient (Wildman–Crippen LogP) is 2.29. The summed E-state index contributed by atoms with van der Waals surface area (Å²) in [6.07, 6.45) is 2.28. The number of anilines is 2. The van der Waals surface area contributed by atoms with E-state index < -0.39 is 9.84 Å². The van der Waals surface area contributed by atoms with Crippen molar-refractivity contribution in [2.24, 2.45) is 5.41 Å². The topological polar surface area (TPSA) is 81.4 Å². The monoisotopic (exact) mass is 312 g/mol. The molecule has 0 heterocycles. The van der Waals surface area contributed by atoms with Crippen molar-refractivity contribution in [3.63, 3.8) is 0 Å². The van der Waals surface area contributed by atoms with Gasteiger partial charge in [0.1, 0.15) is 0 Å². The number of hydrogen-bond acceptors (Lipinski definition) is 5. The molecule has 2 rings (SSSR count). The van der Waals surface area contributed by atoms with Crippen molar-refractivity contribution < 1.29 is 13.2 Å². The Bertz CT molecular complexity index is 626. The number of nitrogen functional groups attached to an aromatic ring is 1. The summed E-state index contributed by atoms with van der Waals surface area (Å²) in [5.41, 5.74) is 6.95. The minimum atomic E-state index is -3.32. The molecule has 1 aromatic rings. The molecule has 1 saturated carbocycles. The summed E-state index contributed by atoms with van der Waals surface area (Å²) < 4.78 is 29.1. The Balaban J connectivity index is 2.19. The SMILES string of the molecule is CCOC1CC(Nc2cccc(S(C)(=O)=O)c2N)C1(C)C. The summed E-state index contributed by atoms with van der Waals surface area (Å²) >= 11 is 0. The molecule has 21 heavy (non-hydrogen) atoms. The second kappa shape index (κ2) is 5.50. The molecule has 0 bridgehead atoms. The van der Waals surface area contributed by atoms with Crippen LogP contribution in [0.5, 0.6) is 0 Å². The lowest BCUT2D eigenvalue weighted by Crippen LogP contribution is -2.58. The van der Waals surface area contributed by atoms with Gasteiger partial charge in [0.2, 0.25) is 0 Å². The van der Waals surface area contributed by atoms with Crippen molar-refractivity contribution in [3.05, 3.63) is 18.2 Å². The zero-order valence-corrected chi connectivity index (χ0v) is 13.8. The van der Waals surface area contributed by atoms with Gasteiger partial charge in [-0.3, -0.25) is 0 Å². The maximum absolute atomic E-state index is 11.7. The molecule has 118 valence electrons. The van der Waals surface area contributed by atoms with Gasteiger partial charge < -0.3 is 15.8 Å². The Morgan fingerprint density at radius 3 is 2.62 bits per heavy atom. The first-order chi connectivity index (χ1) is 9.67. The highest BCUT2D eigenvalue weighted by Gasteiger charge is 2.49. The highest BCUT2D eigenvalue weighted by atomic mass is 32.2. The second-order valence-electron chi connectivity index (χ2n) is 6.19. The van der Waals surface area contributed by atoms with E-state index in [1.54, 1.807) is 6.07 Å². The lowest BCUT2D eigenvalue weighted by Gasteiger charge is -2.52. The summed E-state index contributed by atoms with van der Waals surface area (Å²) in [7, 11) is -3.32. The van der Waals surface area contributed by atoms with Gasteiger partial charge in [-0.2, -0.15) is 0 Å². The first-order valence-corrected chi connectivity index (χ1v) is 9.03. The predicted molar refractivity (Wildman–Crippen MR) is 85.2 cm³/mol. The van der Waals surface area contributed by atoms with Gasteiger partial charge in [-0.25, -0.2) is 8.42 Å². The lowest BCUT2D eigenvalue weighted by molar-refractivity contribution is -0.0975. The van der Waals surface area contributed by atoms with Gasteiger partial charge in [-0.15, -0.1) is 0 Å². The molecule has 0 amide bonds. The highest BCUT2D eigenvalue weighted by Crippen LogP contribution is 2.45. The van der Waals surface area contributed by atoms with Crippen molar-refractivity contribution in [2.75, 3.05) is 23.9 Å². The standard InChI is InChI=1S/C15H24N2O3S/c1-5-20-13-9-12(15(13,2)3)17-10-7-6-8-11(14(10)16)21(4,18)19/h6-8,12-13,17H,5,9,16H2,1-4H3. The van der Waals surface area contributed by atoms with E-state index in [2.05, 4.69) is 19.2 Å². The van der Waals surface area contributed by atoms with E-state index in [-0.39, 0.29) is 28.1 Å². The zero-order chi connectivity index (χ0) is 15.8. The van der Waals surface area contributed by atoms with Gasteiger partial charge in [-0.05, 0) is 25.5 Å². The fourth-order valence-corrected chi connectivity index (χ4v) is 3.63. The second-order valence-corrected chi connectivity index (χ2v) is 8.17. The molecule has 0 spiro atoms. The average Bonchev–Trinajstić information content (AvgIpc) is 2.38. The van der Waals surface area contributed by atoms with E-state index >= 15 is 0 Å². The van der Waals surface area contributed by atoms with Crippen LogP contribution in [0.2, 0.25) is 0 Å². The highest BCUT2D eigenvalue weighted by molar-refractivity contribution is 7.90. The summed E-state index contributed by atoms with van der Waals surface area (Å²) in [5.74, 6) is 0. The largest absolute Gasteiger partial charge is 0.396 e. The van der Waals surface area contributed by atoms with Gasteiger partial charge in [-0.1, -0.05) is 19.9 Å². The smallest absolute Gasteiger partial charge is 0.177 e. The molecule has 2 unspecified atom stereocenters. The van der Waals surface area contributed by atoms with Crippen LogP contribution in [0.1, 0.15) is 27.2 Å². The maximum Gasteiger partial charge on any atom is 0.177 e. The Labute approximate surface area is 126 Å². The van der Waals surface area contributed by atoms with Crippen LogP contribution in [0, 0.1) is 5.41 Å². The molecule has 3 N–H and O–H groups in total. The molecule has 1 aliphatic rings. The molecular formula is C15H24N2O3S. The fourth-order valence-electron chi connectivity index (χ4n) is 2.80. The van der Waals surface area contributed by atoms with Crippen LogP contribution in [0.15, 0.2) is 23.1 Å². The van der Waals surface area contributed by atoms with Crippen LogP contribution in [0.3, 0.4) is 0 Å². The lowest BCUT2D eigenvalue weighted by atomic mass is 9.64. The third-order valence-electron chi connectivity index (χ3n) is 4.34. The molecular weight excluding hydrogens is 288 g/mol. The zero-order valence-electron chi connectivity index (χ0n) is 13.0. The Morgan fingerprint density at radius 2 is 2.10 bits per heavy atom. The van der Waals surface area contributed by atoms with E-state index in [0.29, 0.717) is 12.3 Å². The van der Waals surface area contributed by atoms with Crippen LogP contribution in [-0.4, -0.2) is 33.4 Å². The molecule has 0 aromatic heterocycles. The van der Waals surface area contributed by atoms with Crippen LogP contribution >= 0.6 is 0 Å². The summed E-state index contributed by atoms with van der Waals surface area (Å²) in [6.45, 7) is 6.98. The number of sulfone groups is 1. The van der Waals surface area contributed by atoms with E-state index in [9.17, 15) is 8.42 Å². The third kappa shape index (κ3) is 3.01. The summed E-state index contributed by atoms with van der Waals surface area (Å²) in [6, 6.07) is 5.27. The summed E-state index contributed by atoms with van der Waals surface area (Å²) in [5, 5.41) is 3.37. The van der Waals surface area contributed by atoms with E-state index in [1.165, 1.54) is 12.3 Å². The number of hydrogen-bond donors (Lipinski definition) is 2. The van der Waals surface area contributed by atoms with Crippen molar-refractivity contribution >= 4 is 21.2 Å². The number of benzene rings is 1. The van der Waals surface area contributed by atoms with Crippen LogP contribution in [-0.2, 0) is 14.6 Å². The van der Waals surface area contributed by atoms with E-state index in [1.807, 2.05) is 13.0 Å². The summed E-state index contributed by atoms with van der Waals surface area (Å²) in [4.78, 5) is 0.172. The molecule has 5 nitrogen and oxygen atoms in total. The van der Waals surface area contributed by atoms with Gasteiger partial charge in [0, 0.05) is 24.3 Å². The molecule has 1 aromatic carbocycles. The van der Waals surface area contributed by atoms with Gasteiger partial charge >= 0.3 is 0 Å². The van der Waals surface area contributed by atoms with Crippen molar-refractivity contribution in [3.8, 4) is 0 Å². The van der Waals surface area contributed by atoms with Gasteiger partial charge in [0.05, 0.1) is 22.4 Å². The number of rotatable bonds is 5. The van der Waals surface area contributed by atoms with Gasteiger partial charge in [0.15, 0.2) is 9.84 Å². The quantitative estimate of drug-likeness (QED) is 0.815. The molecule has 1 fully saturated rings. The number of ether oxygens (including phenoxy) is 1. The number of para-hydroxylation sites is 1. The molecule has 0 radical (unpaired) electrons. The first kappa shape index (κ1) is 16.1. The first-order valence-electron chi connectivity index (χ1n) is 7.14. The van der Waals surface area contributed by atoms with Crippen molar-refractivity contribution in [2.45, 2.75) is 44.2 Å². The van der Waals surface area contributed by atoms with E-state index in [4.69, 9.17) is 10.5 Å². The molecule has 2 atom stereocenters. The molecule has 6 heteroatoms. The van der Waals surface area contributed by atoms with Gasteiger partial charge in [0.25, 0.3) is 0 Å². The maximum atomic E-state index is 11.7. The molecule has 1 aliphatic carbocycles. The number of nitrogens with one attached hydrogen (secondary N) is 1. The Hall–Kier alpha value is -1.27. The van der Waals surface area contributed by atoms with Crippen molar-refractivity contribution in [1.82, 2.24) is 0 Å². The Kier molecular flexibility index (Phi) is 4.22. The minimum absolute atomic E-state index is 0.0104. The third-order valence-corrected chi connectivity index (χ3v) is 5.50. The molecule has 0 aliphatic heterocycles. The minimum Gasteiger partial charge on any atom is -0.396 e. The van der Waals surface area contributed by atoms with Crippen molar-refractivity contribution in [1.29, 1.82) is 0 Å². The Morgan fingerprint density at radius 1 is 1.43 bits per heavy atom. The average molecular weight is 312 g/mol. The molecule has 0 saturated heterocycles. The van der Waals surface area contributed by atoms with Crippen LogP contribution in [0.25, 0.3) is 0 Å². The number of nitrogens with two attached hydrogens (primary N) is 1. The van der Waals surface area contributed by atoms with E-state index in [0.717, 1.165) is 6.42 Å². The van der Waals surface area contributed by atoms with Crippen LogP contribution < -0.4 is 11.1 Å². The van der Waals surface area contributed by atoms with Crippen LogP contribution in [0.4, 0.5) is 11.4 Å². The normalized spacial score (nSPS) is 24.4. The fraction of sp³-hybridized carbons (Fsp3) is 0.600.